The Labute approximate surface area is 168 Å². The predicted molar refractivity (Wildman–Crippen MR) is 108 cm³/mol. The molecule has 0 unspecified atom stereocenters. The number of nitriles is 1. The van der Waals surface area contributed by atoms with Gasteiger partial charge in [0, 0.05) is 23.6 Å². The van der Waals surface area contributed by atoms with Crippen molar-refractivity contribution < 1.29 is 23.8 Å². The molecule has 0 atom stereocenters. The van der Waals surface area contributed by atoms with Crippen molar-refractivity contribution in [3.05, 3.63) is 59.8 Å². The number of ether oxygens (including phenoxy) is 3. The molecule has 0 aliphatic rings. The fourth-order valence-electron chi connectivity index (χ4n) is 2.33. The summed E-state index contributed by atoms with van der Waals surface area (Å²) in [5.74, 6) is -0.0287. The Hall–Kier alpha value is -3.99. The molecule has 2 N–H and O–H groups in total. The van der Waals surface area contributed by atoms with Crippen LogP contribution in [0.25, 0.3) is 0 Å². The topological polar surface area (TPSA) is 110 Å². The fourth-order valence-corrected chi connectivity index (χ4v) is 2.33. The van der Waals surface area contributed by atoms with Crippen molar-refractivity contribution >= 4 is 23.3 Å². The lowest BCUT2D eigenvalue weighted by molar-refractivity contribution is -0.112. The average Bonchev–Trinajstić information content (AvgIpc) is 2.74. The van der Waals surface area contributed by atoms with Crippen LogP contribution in [0.3, 0.4) is 0 Å². The summed E-state index contributed by atoms with van der Waals surface area (Å²) in [6.45, 7) is 2.03. The van der Waals surface area contributed by atoms with E-state index in [0.29, 0.717) is 35.0 Å². The van der Waals surface area contributed by atoms with E-state index < -0.39 is 11.9 Å². The predicted octanol–water partition coefficient (Wildman–Crippen LogP) is 3.34. The van der Waals surface area contributed by atoms with E-state index in [9.17, 15) is 14.9 Å². The van der Waals surface area contributed by atoms with E-state index in [4.69, 9.17) is 14.2 Å². The van der Waals surface area contributed by atoms with E-state index in [1.165, 1.54) is 20.4 Å². The van der Waals surface area contributed by atoms with Crippen molar-refractivity contribution in [3.8, 4) is 17.6 Å². The normalized spacial score (nSPS) is 10.5. The molecule has 8 nitrogen and oxygen atoms in total. The maximum atomic E-state index is 12.4. The standard InChI is InChI=1S/C21H21N3O5/c1-4-29-21(26)14-5-7-16(8-6-14)23-13-15(12-22)20(25)24-17-9-10-18(27-2)19(11-17)28-3/h5-11,13,23H,4H2,1-3H3,(H,24,25)/b15-13-. The zero-order valence-electron chi connectivity index (χ0n) is 16.3. The fraction of sp³-hybridized carbons (Fsp3) is 0.190. The van der Waals surface area contributed by atoms with Crippen molar-refractivity contribution in [3.63, 3.8) is 0 Å². The van der Waals surface area contributed by atoms with Gasteiger partial charge in [-0.2, -0.15) is 5.26 Å². The minimum Gasteiger partial charge on any atom is -0.493 e. The number of carbonyl (C=O) groups excluding carboxylic acids is 2. The number of carbonyl (C=O) groups is 2. The molecule has 150 valence electrons. The number of hydrogen-bond acceptors (Lipinski definition) is 7. The number of esters is 1. The van der Waals surface area contributed by atoms with Crippen LogP contribution in [0.15, 0.2) is 54.2 Å². The summed E-state index contributed by atoms with van der Waals surface area (Å²) < 4.78 is 15.3. The second-order valence-electron chi connectivity index (χ2n) is 5.64. The van der Waals surface area contributed by atoms with Gasteiger partial charge in [-0.1, -0.05) is 0 Å². The minimum atomic E-state index is -0.588. The maximum Gasteiger partial charge on any atom is 0.338 e. The van der Waals surface area contributed by atoms with Crippen LogP contribution in [-0.2, 0) is 9.53 Å². The van der Waals surface area contributed by atoms with Gasteiger partial charge in [0.1, 0.15) is 11.6 Å². The van der Waals surface area contributed by atoms with Crippen molar-refractivity contribution in [1.82, 2.24) is 0 Å². The molecule has 0 saturated heterocycles. The Bertz CT molecular complexity index is 946. The monoisotopic (exact) mass is 395 g/mol. The Morgan fingerprint density at radius 2 is 1.69 bits per heavy atom. The summed E-state index contributed by atoms with van der Waals surface area (Å²) in [4.78, 5) is 24.0. The first-order valence-electron chi connectivity index (χ1n) is 8.69. The first kappa shape index (κ1) is 21.3. The van der Waals surface area contributed by atoms with Gasteiger partial charge in [-0.25, -0.2) is 4.79 Å². The number of amides is 1. The molecule has 2 aromatic rings. The van der Waals surface area contributed by atoms with Gasteiger partial charge < -0.3 is 24.8 Å². The highest BCUT2D eigenvalue weighted by Gasteiger charge is 2.12. The molecule has 8 heteroatoms. The van der Waals surface area contributed by atoms with Gasteiger partial charge in [0.25, 0.3) is 5.91 Å². The number of nitrogens with one attached hydrogen (secondary N) is 2. The first-order chi connectivity index (χ1) is 14.0. The maximum absolute atomic E-state index is 12.4. The van der Waals surface area contributed by atoms with Gasteiger partial charge in [0.2, 0.25) is 0 Å². The van der Waals surface area contributed by atoms with Crippen LogP contribution in [0.2, 0.25) is 0 Å². The van der Waals surface area contributed by atoms with E-state index in [1.807, 2.05) is 6.07 Å². The third-order valence-electron chi connectivity index (χ3n) is 3.79. The van der Waals surface area contributed by atoms with Crippen molar-refractivity contribution in [2.45, 2.75) is 6.92 Å². The molecule has 0 saturated carbocycles. The number of anilines is 2. The Morgan fingerprint density at radius 1 is 1.03 bits per heavy atom. The molecule has 0 spiro atoms. The van der Waals surface area contributed by atoms with E-state index in [2.05, 4.69) is 10.6 Å². The van der Waals surface area contributed by atoms with Gasteiger partial charge in [-0.05, 0) is 43.3 Å². The summed E-state index contributed by atoms with van der Waals surface area (Å²) in [5, 5.41) is 14.8. The van der Waals surface area contributed by atoms with Crippen LogP contribution in [0.5, 0.6) is 11.5 Å². The van der Waals surface area contributed by atoms with Gasteiger partial charge in [0.15, 0.2) is 11.5 Å². The molecule has 0 heterocycles. The highest BCUT2D eigenvalue weighted by molar-refractivity contribution is 6.06. The molecule has 1 amide bonds. The van der Waals surface area contributed by atoms with Crippen molar-refractivity contribution in [1.29, 1.82) is 5.26 Å². The van der Waals surface area contributed by atoms with Crippen LogP contribution in [-0.4, -0.2) is 32.7 Å². The molecular weight excluding hydrogens is 374 g/mol. The Morgan fingerprint density at radius 3 is 2.28 bits per heavy atom. The third kappa shape index (κ3) is 5.74. The quantitative estimate of drug-likeness (QED) is 0.401. The van der Waals surface area contributed by atoms with E-state index in [1.54, 1.807) is 49.4 Å². The van der Waals surface area contributed by atoms with Crippen LogP contribution >= 0.6 is 0 Å². The van der Waals surface area contributed by atoms with Crippen LogP contribution < -0.4 is 20.1 Å². The number of methoxy groups -OCH3 is 2. The third-order valence-corrected chi connectivity index (χ3v) is 3.79. The van der Waals surface area contributed by atoms with Crippen molar-refractivity contribution in [2.75, 3.05) is 31.5 Å². The zero-order valence-corrected chi connectivity index (χ0v) is 16.3. The molecule has 0 radical (unpaired) electrons. The van der Waals surface area contributed by atoms with Crippen LogP contribution in [0.1, 0.15) is 17.3 Å². The molecular formula is C21H21N3O5. The second-order valence-corrected chi connectivity index (χ2v) is 5.64. The molecule has 2 rings (SSSR count). The average molecular weight is 395 g/mol. The van der Waals surface area contributed by atoms with Gasteiger partial charge in [0.05, 0.1) is 26.4 Å². The first-order valence-corrected chi connectivity index (χ1v) is 8.69. The lowest BCUT2D eigenvalue weighted by Gasteiger charge is -2.10. The highest BCUT2D eigenvalue weighted by atomic mass is 16.5. The van der Waals surface area contributed by atoms with Crippen LogP contribution in [0.4, 0.5) is 11.4 Å². The van der Waals surface area contributed by atoms with Gasteiger partial charge in [-0.3, -0.25) is 4.79 Å². The number of rotatable bonds is 8. The molecule has 0 aliphatic carbocycles. The van der Waals surface area contributed by atoms with Gasteiger partial charge >= 0.3 is 5.97 Å². The summed E-state index contributed by atoms with van der Waals surface area (Å²) in [6, 6.07) is 13.2. The largest absolute Gasteiger partial charge is 0.493 e. The van der Waals surface area contributed by atoms with Gasteiger partial charge in [-0.15, -0.1) is 0 Å². The van der Waals surface area contributed by atoms with Crippen molar-refractivity contribution in [2.24, 2.45) is 0 Å². The number of hydrogen-bond donors (Lipinski definition) is 2. The number of nitrogens with zero attached hydrogens (tertiary/aromatic N) is 1. The Kier molecular flexibility index (Phi) is 7.62. The molecule has 0 aliphatic heterocycles. The highest BCUT2D eigenvalue weighted by Crippen LogP contribution is 2.29. The second kappa shape index (κ2) is 10.4. The lowest BCUT2D eigenvalue weighted by Crippen LogP contribution is -2.14. The molecule has 0 bridgehead atoms. The lowest BCUT2D eigenvalue weighted by atomic mass is 10.2. The summed E-state index contributed by atoms with van der Waals surface area (Å²) >= 11 is 0. The smallest absolute Gasteiger partial charge is 0.338 e. The molecule has 2 aromatic carbocycles. The minimum absolute atomic E-state index is 0.130. The molecule has 0 fully saturated rings. The molecule has 0 aromatic heterocycles. The van der Waals surface area contributed by atoms with E-state index in [0.717, 1.165) is 0 Å². The van der Waals surface area contributed by atoms with E-state index in [-0.39, 0.29) is 5.57 Å². The van der Waals surface area contributed by atoms with Crippen LogP contribution in [0, 0.1) is 11.3 Å². The number of benzene rings is 2. The summed E-state index contributed by atoms with van der Waals surface area (Å²) in [5.41, 5.74) is 1.33. The zero-order chi connectivity index (χ0) is 21.2. The summed E-state index contributed by atoms with van der Waals surface area (Å²) in [7, 11) is 3.00. The SMILES string of the molecule is CCOC(=O)c1ccc(N/C=C(/C#N)C(=O)Nc2ccc(OC)c(OC)c2)cc1. The van der Waals surface area contributed by atoms with E-state index >= 15 is 0 Å². The summed E-state index contributed by atoms with van der Waals surface area (Å²) in [6.07, 6.45) is 1.29. The molecule has 29 heavy (non-hydrogen) atoms. The Balaban J connectivity index is 2.06.